The van der Waals surface area contributed by atoms with Gasteiger partial charge in [0, 0.05) is 6.08 Å². The number of nitriles is 1. The third-order valence-electron chi connectivity index (χ3n) is 3.73. The van der Waals surface area contributed by atoms with Crippen molar-refractivity contribution in [2.75, 3.05) is 19.0 Å². The first-order chi connectivity index (χ1) is 13.7. The Morgan fingerprint density at radius 1 is 1.29 bits per heavy atom. The van der Waals surface area contributed by atoms with Crippen molar-refractivity contribution in [3.63, 3.8) is 0 Å². The van der Waals surface area contributed by atoms with Crippen LogP contribution in [0.5, 0.6) is 11.5 Å². The number of ether oxygens (including phenoxy) is 2. The zero-order chi connectivity index (χ0) is 19.8. The predicted octanol–water partition coefficient (Wildman–Crippen LogP) is 2.83. The summed E-state index contributed by atoms with van der Waals surface area (Å²) in [5, 5.41) is 15.5. The number of methoxy groups -OCH3 is 1. The molecule has 140 valence electrons. The topological polar surface area (TPSA) is 102 Å². The van der Waals surface area contributed by atoms with Crippen molar-refractivity contribution >= 4 is 17.7 Å². The quantitative estimate of drug-likeness (QED) is 0.637. The lowest BCUT2D eigenvalue weighted by molar-refractivity contribution is -0.111. The third-order valence-corrected chi connectivity index (χ3v) is 3.73. The molecule has 8 heteroatoms. The lowest BCUT2D eigenvalue weighted by Crippen LogP contribution is -2.10. The Balaban J connectivity index is 1.72. The molecule has 0 atom stereocenters. The van der Waals surface area contributed by atoms with Gasteiger partial charge in [-0.25, -0.2) is 9.67 Å². The minimum absolute atomic E-state index is 0.0703. The molecule has 3 rings (SSSR count). The number of aromatic nitrogens is 3. The van der Waals surface area contributed by atoms with E-state index in [2.05, 4.69) is 15.4 Å². The zero-order valence-electron chi connectivity index (χ0n) is 15.1. The average molecular weight is 375 g/mol. The van der Waals surface area contributed by atoms with Crippen molar-refractivity contribution < 1.29 is 14.3 Å². The van der Waals surface area contributed by atoms with E-state index in [1.165, 1.54) is 19.5 Å². The Morgan fingerprint density at radius 2 is 2.14 bits per heavy atom. The summed E-state index contributed by atoms with van der Waals surface area (Å²) in [6.07, 6.45) is 6.06. The van der Waals surface area contributed by atoms with Crippen LogP contribution >= 0.6 is 0 Å². The molecule has 0 bridgehead atoms. The van der Waals surface area contributed by atoms with Crippen LogP contribution in [0.2, 0.25) is 0 Å². The van der Waals surface area contributed by atoms with Gasteiger partial charge >= 0.3 is 0 Å². The summed E-state index contributed by atoms with van der Waals surface area (Å²) in [6, 6.07) is 14.4. The molecule has 1 heterocycles. The second-order valence-corrected chi connectivity index (χ2v) is 5.54. The molecule has 28 heavy (non-hydrogen) atoms. The molecule has 0 aliphatic rings. The number of hydrogen-bond donors (Lipinski definition) is 1. The van der Waals surface area contributed by atoms with Crippen molar-refractivity contribution in [2.24, 2.45) is 0 Å². The van der Waals surface area contributed by atoms with Gasteiger partial charge in [0.1, 0.15) is 18.7 Å². The highest BCUT2D eigenvalue weighted by Gasteiger charge is 2.08. The van der Waals surface area contributed by atoms with Gasteiger partial charge in [0.2, 0.25) is 5.91 Å². The summed E-state index contributed by atoms with van der Waals surface area (Å²) in [4.78, 5) is 16.3. The molecular weight excluding hydrogens is 358 g/mol. The fourth-order valence-corrected chi connectivity index (χ4v) is 2.48. The van der Waals surface area contributed by atoms with E-state index < -0.39 is 0 Å². The highest BCUT2D eigenvalue weighted by molar-refractivity contribution is 6.03. The number of carbonyl (C=O) groups excluding carboxylic acids is 1. The average Bonchev–Trinajstić information content (AvgIpc) is 3.26. The van der Waals surface area contributed by atoms with Crippen LogP contribution in [0.1, 0.15) is 5.56 Å². The van der Waals surface area contributed by atoms with E-state index in [9.17, 15) is 4.79 Å². The Labute approximate surface area is 161 Å². The number of para-hydroxylation sites is 2. The summed E-state index contributed by atoms with van der Waals surface area (Å²) in [7, 11) is 1.51. The minimum atomic E-state index is -0.295. The van der Waals surface area contributed by atoms with Gasteiger partial charge in [0.15, 0.2) is 18.1 Å². The molecule has 0 unspecified atom stereocenters. The molecule has 1 amide bonds. The lowest BCUT2D eigenvalue weighted by atomic mass is 10.2. The molecule has 0 spiro atoms. The largest absolute Gasteiger partial charge is 0.493 e. The number of carbonyl (C=O) groups is 1. The van der Waals surface area contributed by atoms with Crippen LogP contribution in [0.4, 0.5) is 5.69 Å². The third kappa shape index (κ3) is 4.53. The van der Waals surface area contributed by atoms with E-state index in [1.54, 1.807) is 41.4 Å². The summed E-state index contributed by atoms with van der Waals surface area (Å²) in [5.41, 5.74) is 2.07. The number of nitrogens with zero attached hydrogens (tertiary/aromatic N) is 4. The molecule has 0 radical (unpaired) electrons. The maximum absolute atomic E-state index is 12.3. The Morgan fingerprint density at radius 3 is 2.89 bits per heavy atom. The number of rotatable bonds is 7. The van der Waals surface area contributed by atoms with Crippen molar-refractivity contribution in [3.05, 3.63) is 66.8 Å². The summed E-state index contributed by atoms with van der Waals surface area (Å²) in [5.74, 6) is 0.651. The van der Waals surface area contributed by atoms with Gasteiger partial charge < -0.3 is 14.8 Å². The maximum atomic E-state index is 12.3. The lowest BCUT2D eigenvalue weighted by Gasteiger charge is -2.09. The highest BCUT2D eigenvalue weighted by atomic mass is 16.5. The van der Waals surface area contributed by atoms with Crippen LogP contribution < -0.4 is 14.8 Å². The van der Waals surface area contributed by atoms with Crippen molar-refractivity contribution in [2.45, 2.75) is 0 Å². The van der Waals surface area contributed by atoms with Crippen LogP contribution in [-0.2, 0) is 4.79 Å². The molecule has 0 saturated heterocycles. The smallest absolute Gasteiger partial charge is 0.248 e. The first-order valence-electron chi connectivity index (χ1n) is 8.32. The molecule has 0 aliphatic carbocycles. The first-order valence-corrected chi connectivity index (χ1v) is 8.32. The molecule has 1 aromatic heterocycles. The van der Waals surface area contributed by atoms with Crippen molar-refractivity contribution in [3.8, 4) is 23.3 Å². The molecule has 8 nitrogen and oxygen atoms in total. The number of nitrogens with one attached hydrogen (secondary N) is 1. The van der Waals surface area contributed by atoms with Gasteiger partial charge in [0.25, 0.3) is 0 Å². The first kappa shape index (κ1) is 18.7. The van der Waals surface area contributed by atoms with Gasteiger partial charge in [-0.1, -0.05) is 18.2 Å². The number of benzene rings is 2. The molecule has 0 saturated carbocycles. The SMILES string of the molecule is COc1cc(/C=C/C(=O)Nc2ccccc2-n2cncn2)ccc1OCC#N. The van der Waals surface area contributed by atoms with E-state index in [0.717, 1.165) is 5.56 Å². The Hall–Kier alpha value is -4.12. The van der Waals surface area contributed by atoms with Gasteiger partial charge in [-0.2, -0.15) is 10.4 Å². The normalized spacial score (nSPS) is 10.4. The standard InChI is InChI=1S/C20H17N5O3/c1-27-19-12-15(6-8-18(19)28-11-10-21)7-9-20(26)24-16-4-2-3-5-17(16)25-14-22-13-23-25/h2-9,12-14H,11H2,1H3,(H,24,26)/b9-7+. The van der Waals surface area contributed by atoms with Crippen LogP contribution in [-0.4, -0.2) is 34.4 Å². The van der Waals surface area contributed by atoms with Crippen LogP contribution in [0, 0.1) is 11.3 Å². The van der Waals surface area contributed by atoms with Gasteiger partial charge in [0.05, 0.1) is 18.5 Å². The van der Waals surface area contributed by atoms with Crippen LogP contribution in [0.25, 0.3) is 11.8 Å². The fourth-order valence-electron chi connectivity index (χ4n) is 2.48. The Kier molecular flexibility index (Phi) is 6.00. The second-order valence-electron chi connectivity index (χ2n) is 5.54. The monoisotopic (exact) mass is 375 g/mol. The molecule has 0 fully saturated rings. The number of amides is 1. The van der Waals surface area contributed by atoms with Gasteiger partial charge in [-0.3, -0.25) is 4.79 Å². The highest BCUT2D eigenvalue weighted by Crippen LogP contribution is 2.28. The van der Waals surface area contributed by atoms with Crippen LogP contribution in [0.15, 0.2) is 61.2 Å². The fraction of sp³-hybridized carbons (Fsp3) is 0.100. The van der Waals surface area contributed by atoms with Crippen LogP contribution in [0.3, 0.4) is 0 Å². The Bertz CT molecular complexity index is 1020. The van der Waals surface area contributed by atoms with E-state index in [0.29, 0.717) is 22.9 Å². The van der Waals surface area contributed by atoms with E-state index in [4.69, 9.17) is 14.7 Å². The molecule has 1 N–H and O–H groups in total. The molecule has 2 aromatic carbocycles. The molecular formula is C20H17N5O3. The maximum Gasteiger partial charge on any atom is 0.248 e. The van der Waals surface area contributed by atoms with Gasteiger partial charge in [-0.15, -0.1) is 0 Å². The van der Waals surface area contributed by atoms with Gasteiger partial charge in [-0.05, 0) is 35.9 Å². The molecule has 0 aliphatic heterocycles. The summed E-state index contributed by atoms with van der Waals surface area (Å²) < 4.78 is 12.1. The van der Waals surface area contributed by atoms with E-state index in [1.807, 2.05) is 24.3 Å². The van der Waals surface area contributed by atoms with E-state index in [-0.39, 0.29) is 12.5 Å². The number of hydrogen-bond acceptors (Lipinski definition) is 6. The summed E-state index contributed by atoms with van der Waals surface area (Å²) >= 11 is 0. The minimum Gasteiger partial charge on any atom is -0.493 e. The van der Waals surface area contributed by atoms with E-state index >= 15 is 0 Å². The van der Waals surface area contributed by atoms with Crippen molar-refractivity contribution in [1.82, 2.24) is 14.8 Å². The molecule has 3 aromatic rings. The zero-order valence-corrected chi connectivity index (χ0v) is 15.1. The summed E-state index contributed by atoms with van der Waals surface area (Å²) in [6.45, 7) is -0.0703. The number of anilines is 1. The second kappa shape index (κ2) is 9.00. The predicted molar refractivity (Wildman–Crippen MR) is 103 cm³/mol. The van der Waals surface area contributed by atoms with Crippen molar-refractivity contribution in [1.29, 1.82) is 5.26 Å².